The van der Waals surface area contributed by atoms with Crippen molar-refractivity contribution in [2.75, 3.05) is 31.1 Å². The Hall–Kier alpha value is -2.43. The number of anilines is 1. The number of hydrogen-bond acceptors (Lipinski definition) is 4. The first-order valence-corrected chi connectivity index (χ1v) is 9.61. The Morgan fingerprint density at radius 3 is 2.58 bits per heavy atom. The minimum Gasteiger partial charge on any atom is -0.357 e. The minimum atomic E-state index is 0.0181. The highest BCUT2D eigenvalue weighted by atomic mass is 16.2. The second-order valence-electron chi connectivity index (χ2n) is 6.97. The molecule has 1 fully saturated rings. The van der Waals surface area contributed by atoms with E-state index in [1.807, 2.05) is 41.3 Å². The van der Waals surface area contributed by atoms with Crippen LogP contribution in [0, 0.1) is 5.92 Å². The van der Waals surface area contributed by atoms with Crippen molar-refractivity contribution in [2.45, 2.75) is 33.6 Å². The molecule has 1 aliphatic heterocycles. The summed E-state index contributed by atoms with van der Waals surface area (Å²) in [5.74, 6) is 2.00. The summed E-state index contributed by atoms with van der Waals surface area (Å²) in [5, 5.41) is 0. The van der Waals surface area contributed by atoms with Crippen molar-refractivity contribution in [3.8, 4) is 11.4 Å². The van der Waals surface area contributed by atoms with Gasteiger partial charge in [0, 0.05) is 37.8 Å². The molecule has 0 radical (unpaired) electrons. The molecule has 5 heteroatoms. The Labute approximate surface area is 156 Å². The van der Waals surface area contributed by atoms with Gasteiger partial charge in [0.05, 0.1) is 0 Å². The summed E-state index contributed by atoms with van der Waals surface area (Å²) in [6, 6.07) is 11.7. The molecule has 0 spiro atoms. The van der Waals surface area contributed by atoms with Crippen LogP contribution in [0.5, 0.6) is 0 Å². The van der Waals surface area contributed by atoms with Crippen LogP contribution in [0.25, 0.3) is 11.4 Å². The fraction of sp³-hybridized carbons (Fsp3) is 0.476. The molecule has 1 atom stereocenters. The first kappa shape index (κ1) is 18.4. The van der Waals surface area contributed by atoms with Gasteiger partial charge < -0.3 is 9.80 Å². The fourth-order valence-electron chi connectivity index (χ4n) is 3.51. The Kier molecular flexibility index (Phi) is 5.86. The second-order valence-corrected chi connectivity index (χ2v) is 6.97. The highest BCUT2D eigenvalue weighted by Gasteiger charge is 2.24. The van der Waals surface area contributed by atoms with Crippen LogP contribution in [0.1, 0.15) is 44.1 Å². The standard InChI is InChI=1S/C21H28N4O/c1-4-24(5-2)19-14-18(21(26)25-13-9-10-16(3)15-25)22-20(23-19)17-11-7-6-8-12-17/h6-8,11-12,14,16H,4-5,9-10,13,15H2,1-3H3. The third kappa shape index (κ3) is 4.03. The monoisotopic (exact) mass is 352 g/mol. The van der Waals surface area contributed by atoms with Crippen molar-refractivity contribution >= 4 is 11.7 Å². The van der Waals surface area contributed by atoms with Crippen molar-refractivity contribution < 1.29 is 4.79 Å². The van der Waals surface area contributed by atoms with Crippen LogP contribution in [-0.2, 0) is 0 Å². The van der Waals surface area contributed by atoms with Crippen molar-refractivity contribution in [1.82, 2.24) is 14.9 Å². The summed E-state index contributed by atoms with van der Waals surface area (Å²) in [7, 11) is 0. The number of benzene rings is 1. The number of amides is 1. The summed E-state index contributed by atoms with van der Waals surface area (Å²) in [4.78, 5) is 26.6. The zero-order valence-corrected chi connectivity index (χ0v) is 16.0. The normalized spacial score (nSPS) is 17.2. The predicted octanol–water partition coefficient (Wildman–Crippen LogP) is 3.86. The molecule has 26 heavy (non-hydrogen) atoms. The Balaban J connectivity index is 2.00. The largest absolute Gasteiger partial charge is 0.357 e. The lowest BCUT2D eigenvalue weighted by Gasteiger charge is -2.31. The van der Waals surface area contributed by atoms with E-state index in [-0.39, 0.29) is 5.91 Å². The Morgan fingerprint density at radius 1 is 1.19 bits per heavy atom. The maximum absolute atomic E-state index is 13.1. The van der Waals surface area contributed by atoms with Crippen molar-refractivity contribution in [1.29, 1.82) is 0 Å². The number of likely N-dealkylation sites (tertiary alicyclic amines) is 1. The van der Waals surface area contributed by atoms with Gasteiger partial charge in [0.2, 0.25) is 0 Å². The molecule has 2 aromatic rings. The van der Waals surface area contributed by atoms with Gasteiger partial charge in [-0.25, -0.2) is 9.97 Å². The third-order valence-corrected chi connectivity index (χ3v) is 5.00. The smallest absolute Gasteiger partial charge is 0.272 e. The molecule has 0 bridgehead atoms. The van der Waals surface area contributed by atoms with Gasteiger partial charge in [-0.05, 0) is 32.6 Å². The number of piperidine rings is 1. The summed E-state index contributed by atoms with van der Waals surface area (Å²) in [6.07, 6.45) is 2.25. The summed E-state index contributed by atoms with van der Waals surface area (Å²) < 4.78 is 0. The molecule has 1 unspecified atom stereocenters. The van der Waals surface area contributed by atoms with Gasteiger partial charge in [0.15, 0.2) is 5.82 Å². The quantitative estimate of drug-likeness (QED) is 0.820. The molecule has 1 aromatic carbocycles. The lowest BCUT2D eigenvalue weighted by atomic mass is 10.00. The molecule has 5 nitrogen and oxygen atoms in total. The molecular weight excluding hydrogens is 324 g/mol. The average molecular weight is 352 g/mol. The fourth-order valence-corrected chi connectivity index (χ4v) is 3.51. The van der Waals surface area contributed by atoms with Crippen molar-refractivity contribution in [3.63, 3.8) is 0 Å². The maximum atomic E-state index is 13.1. The van der Waals surface area contributed by atoms with Gasteiger partial charge in [-0.15, -0.1) is 0 Å². The number of rotatable bonds is 5. The van der Waals surface area contributed by atoms with E-state index in [1.165, 1.54) is 6.42 Å². The number of hydrogen-bond donors (Lipinski definition) is 0. The number of aromatic nitrogens is 2. The van der Waals surface area contributed by atoms with E-state index in [0.29, 0.717) is 17.4 Å². The average Bonchev–Trinajstić information content (AvgIpc) is 2.69. The van der Waals surface area contributed by atoms with E-state index in [2.05, 4.69) is 30.7 Å². The van der Waals surface area contributed by atoms with Gasteiger partial charge in [0.1, 0.15) is 11.5 Å². The zero-order valence-electron chi connectivity index (χ0n) is 16.0. The number of carbonyl (C=O) groups is 1. The van der Waals surface area contributed by atoms with Crippen LogP contribution in [0.2, 0.25) is 0 Å². The highest BCUT2D eigenvalue weighted by Crippen LogP contribution is 2.23. The van der Waals surface area contributed by atoms with Crippen LogP contribution in [0.3, 0.4) is 0 Å². The van der Waals surface area contributed by atoms with Gasteiger partial charge >= 0.3 is 0 Å². The van der Waals surface area contributed by atoms with Gasteiger partial charge in [-0.2, -0.15) is 0 Å². The lowest BCUT2D eigenvalue weighted by Crippen LogP contribution is -2.39. The van der Waals surface area contributed by atoms with E-state index < -0.39 is 0 Å². The third-order valence-electron chi connectivity index (χ3n) is 5.00. The van der Waals surface area contributed by atoms with Gasteiger partial charge in [-0.1, -0.05) is 37.3 Å². The first-order valence-electron chi connectivity index (χ1n) is 9.61. The highest BCUT2D eigenvalue weighted by molar-refractivity contribution is 5.93. The zero-order chi connectivity index (χ0) is 18.5. The number of carbonyl (C=O) groups excluding carboxylic acids is 1. The van der Waals surface area contributed by atoms with E-state index in [4.69, 9.17) is 4.98 Å². The van der Waals surface area contributed by atoms with Crippen molar-refractivity contribution in [2.24, 2.45) is 5.92 Å². The van der Waals surface area contributed by atoms with E-state index >= 15 is 0 Å². The Bertz CT molecular complexity index is 743. The maximum Gasteiger partial charge on any atom is 0.272 e. The van der Waals surface area contributed by atoms with Crippen molar-refractivity contribution in [3.05, 3.63) is 42.1 Å². The van der Waals surface area contributed by atoms with Gasteiger partial charge in [0.25, 0.3) is 5.91 Å². The molecular formula is C21H28N4O. The topological polar surface area (TPSA) is 49.3 Å². The molecule has 3 rings (SSSR count). The first-order chi connectivity index (χ1) is 12.6. The van der Waals surface area contributed by atoms with Crippen LogP contribution in [0.4, 0.5) is 5.82 Å². The molecule has 1 aliphatic rings. The molecule has 138 valence electrons. The molecule has 1 aromatic heterocycles. The molecule has 0 saturated carbocycles. The second kappa shape index (κ2) is 8.30. The van der Waals surface area contributed by atoms with E-state index in [0.717, 1.165) is 44.0 Å². The molecule has 0 aliphatic carbocycles. The molecule has 2 heterocycles. The molecule has 0 N–H and O–H groups in total. The Morgan fingerprint density at radius 2 is 1.92 bits per heavy atom. The van der Waals surface area contributed by atoms with Crippen LogP contribution in [0.15, 0.2) is 36.4 Å². The van der Waals surface area contributed by atoms with E-state index in [9.17, 15) is 4.79 Å². The summed E-state index contributed by atoms with van der Waals surface area (Å²) in [6.45, 7) is 9.71. The van der Waals surface area contributed by atoms with Crippen LogP contribution >= 0.6 is 0 Å². The molecule has 1 amide bonds. The lowest BCUT2D eigenvalue weighted by molar-refractivity contribution is 0.0677. The SMILES string of the molecule is CCN(CC)c1cc(C(=O)N2CCCC(C)C2)nc(-c2ccccc2)n1. The predicted molar refractivity (Wildman–Crippen MR) is 105 cm³/mol. The van der Waals surface area contributed by atoms with Gasteiger partial charge in [-0.3, -0.25) is 4.79 Å². The molecule has 1 saturated heterocycles. The summed E-state index contributed by atoms with van der Waals surface area (Å²) >= 11 is 0. The van der Waals surface area contributed by atoms with Crippen LogP contribution in [-0.4, -0.2) is 47.0 Å². The van der Waals surface area contributed by atoms with Crippen LogP contribution < -0.4 is 4.90 Å². The number of nitrogens with zero attached hydrogens (tertiary/aromatic N) is 4. The van der Waals surface area contributed by atoms with E-state index in [1.54, 1.807) is 0 Å². The summed E-state index contributed by atoms with van der Waals surface area (Å²) in [5.41, 5.74) is 1.43. The minimum absolute atomic E-state index is 0.0181.